The molecule has 1 saturated heterocycles. The van der Waals surface area contributed by atoms with Crippen LogP contribution in [0, 0.1) is 0 Å². The van der Waals surface area contributed by atoms with E-state index in [0.717, 1.165) is 6.61 Å². The fourth-order valence-corrected chi connectivity index (χ4v) is 1.49. The van der Waals surface area contributed by atoms with E-state index in [1.807, 2.05) is 0 Å². The molecule has 1 atom stereocenters. The van der Waals surface area contributed by atoms with E-state index in [-0.39, 0.29) is 0 Å². The van der Waals surface area contributed by atoms with Gasteiger partial charge in [0, 0.05) is 26.2 Å². The molecule has 1 aliphatic heterocycles. The highest BCUT2D eigenvalue weighted by molar-refractivity contribution is 5.46. The Hall–Kier alpha value is -1.02. The van der Waals surface area contributed by atoms with Crippen LogP contribution in [-0.4, -0.2) is 20.7 Å². The fraction of sp³-hybridized carbons (Fsp3) is 0.455. The molecule has 1 aliphatic rings. The highest BCUT2D eigenvalue weighted by Crippen LogP contribution is 2.29. The highest BCUT2D eigenvalue weighted by Gasteiger charge is 2.19. The van der Waals surface area contributed by atoms with Crippen molar-refractivity contribution in [3.63, 3.8) is 0 Å². The number of rotatable bonds is 2. The van der Waals surface area contributed by atoms with Gasteiger partial charge in [-0.1, -0.05) is 12.1 Å². The Labute approximate surface area is 79.1 Å². The Bertz CT molecular complexity index is 275. The van der Waals surface area contributed by atoms with Crippen molar-refractivity contribution in [1.29, 1.82) is 0 Å². The molecule has 1 aromatic rings. The molecular formula is C11H15NO. The molecule has 2 rings (SSSR count). The Morgan fingerprint density at radius 3 is 2.23 bits per heavy atom. The van der Waals surface area contributed by atoms with Gasteiger partial charge >= 0.3 is 0 Å². The van der Waals surface area contributed by atoms with E-state index in [1.165, 1.54) is 17.7 Å². The smallest absolute Gasteiger partial charge is 0.0846 e. The molecule has 13 heavy (non-hydrogen) atoms. The van der Waals surface area contributed by atoms with Gasteiger partial charge in [-0.2, -0.15) is 0 Å². The lowest BCUT2D eigenvalue weighted by Crippen LogP contribution is -2.18. The molecule has 2 heteroatoms. The lowest BCUT2D eigenvalue weighted by atomic mass is 10.0. The molecule has 0 radical (unpaired) electrons. The van der Waals surface area contributed by atoms with Crippen molar-refractivity contribution in [3.05, 3.63) is 29.8 Å². The second kappa shape index (κ2) is 3.38. The predicted octanol–water partition coefficient (Wildman–Crippen LogP) is 2.21. The molecule has 2 nitrogen and oxygen atoms in total. The number of hydrogen-bond donors (Lipinski definition) is 0. The summed E-state index contributed by atoms with van der Waals surface area (Å²) in [4.78, 5) is 2.10. The van der Waals surface area contributed by atoms with Crippen LogP contribution in [0.1, 0.15) is 18.1 Å². The van der Waals surface area contributed by atoms with Gasteiger partial charge in [-0.3, -0.25) is 0 Å². The van der Waals surface area contributed by atoms with Crippen molar-refractivity contribution in [1.82, 2.24) is 0 Å². The van der Waals surface area contributed by atoms with Crippen LogP contribution in [0.2, 0.25) is 0 Å². The van der Waals surface area contributed by atoms with Gasteiger partial charge in [0.25, 0.3) is 0 Å². The summed E-state index contributed by atoms with van der Waals surface area (Å²) in [6, 6.07) is 8.58. The molecule has 70 valence electrons. The van der Waals surface area contributed by atoms with Gasteiger partial charge in [-0.05, 0) is 17.7 Å². The van der Waals surface area contributed by atoms with Crippen molar-refractivity contribution in [2.24, 2.45) is 0 Å². The molecule has 1 fully saturated rings. The van der Waals surface area contributed by atoms with Crippen LogP contribution >= 0.6 is 0 Å². The zero-order valence-corrected chi connectivity index (χ0v) is 8.16. The molecule has 0 aromatic heterocycles. The van der Waals surface area contributed by atoms with Crippen molar-refractivity contribution in [3.8, 4) is 0 Å². The van der Waals surface area contributed by atoms with Gasteiger partial charge < -0.3 is 9.64 Å². The quantitative estimate of drug-likeness (QED) is 0.686. The van der Waals surface area contributed by atoms with Crippen LogP contribution in [0.15, 0.2) is 24.3 Å². The van der Waals surface area contributed by atoms with Crippen molar-refractivity contribution >= 4 is 5.69 Å². The molecular weight excluding hydrogens is 162 g/mol. The summed E-state index contributed by atoms with van der Waals surface area (Å²) < 4.78 is 5.40. The largest absolute Gasteiger partial charge is 0.378 e. The maximum absolute atomic E-state index is 5.40. The van der Waals surface area contributed by atoms with Gasteiger partial charge in [0.2, 0.25) is 0 Å². The maximum Gasteiger partial charge on any atom is 0.0846 e. The Morgan fingerprint density at radius 1 is 1.23 bits per heavy atom. The predicted molar refractivity (Wildman–Crippen MR) is 54.1 cm³/mol. The van der Waals surface area contributed by atoms with E-state index in [9.17, 15) is 0 Å². The lowest BCUT2D eigenvalue weighted by molar-refractivity contribution is -0.0527. The average Bonchev–Trinajstić information content (AvgIpc) is 2.02. The standard InChI is InChI=1S/C11H15NO/c1-12(2)10-5-3-9(4-6-10)11-7-8-13-11/h3-6,11H,7-8H2,1-2H3. The molecule has 1 aromatic carbocycles. The lowest BCUT2D eigenvalue weighted by Gasteiger charge is -2.27. The van der Waals surface area contributed by atoms with Crippen LogP contribution in [0.3, 0.4) is 0 Å². The van der Waals surface area contributed by atoms with E-state index >= 15 is 0 Å². The SMILES string of the molecule is CN(C)c1ccc(C2CCO2)cc1. The van der Waals surface area contributed by atoms with E-state index in [2.05, 4.69) is 43.3 Å². The second-order valence-electron chi connectivity index (χ2n) is 3.63. The summed E-state index contributed by atoms with van der Waals surface area (Å²) in [6.45, 7) is 0.917. The molecule has 0 spiro atoms. The summed E-state index contributed by atoms with van der Waals surface area (Å²) in [5, 5.41) is 0. The molecule has 0 N–H and O–H groups in total. The van der Waals surface area contributed by atoms with E-state index in [0.29, 0.717) is 6.10 Å². The monoisotopic (exact) mass is 177 g/mol. The van der Waals surface area contributed by atoms with Gasteiger partial charge in [0.15, 0.2) is 0 Å². The highest BCUT2D eigenvalue weighted by atomic mass is 16.5. The van der Waals surface area contributed by atoms with Crippen molar-refractivity contribution in [2.75, 3.05) is 25.6 Å². The normalized spacial score (nSPS) is 20.9. The van der Waals surface area contributed by atoms with Crippen LogP contribution in [-0.2, 0) is 4.74 Å². The third-order valence-corrected chi connectivity index (χ3v) is 2.48. The minimum atomic E-state index is 0.358. The van der Waals surface area contributed by atoms with E-state index in [4.69, 9.17) is 4.74 Å². The van der Waals surface area contributed by atoms with E-state index in [1.54, 1.807) is 0 Å². The van der Waals surface area contributed by atoms with Crippen LogP contribution in [0.4, 0.5) is 5.69 Å². The Kier molecular flexibility index (Phi) is 2.23. The number of ether oxygens (including phenoxy) is 1. The minimum absolute atomic E-state index is 0.358. The summed E-state index contributed by atoms with van der Waals surface area (Å²) in [5.74, 6) is 0. The second-order valence-corrected chi connectivity index (χ2v) is 3.63. The van der Waals surface area contributed by atoms with Gasteiger partial charge in [-0.25, -0.2) is 0 Å². The van der Waals surface area contributed by atoms with Crippen LogP contribution < -0.4 is 4.90 Å². The molecule has 0 amide bonds. The maximum atomic E-state index is 5.40. The topological polar surface area (TPSA) is 12.5 Å². The van der Waals surface area contributed by atoms with Crippen molar-refractivity contribution in [2.45, 2.75) is 12.5 Å². The number of anilines is 1. The van der Waals surface area contributed by atoms with Crippen molar-refractivity contribution < 1.29 is 4.74 Å². The molecule has 1 unspecified atom stereocenters. The van der Waals surface area contributed by atoms with Gasteiger partial charge in [0.1, 0.15) is 0 Å². The van der Waals surface area contributed by atoms with E-state index < -0.39 is 0 Å². The number of nitrogens with zero attached hydrogens (tertiary/aromatic N) is 1. The molecule has 0 saturated carbocycles. The third-order valence-electron chi connectivity index (χ3n) is 2.48. The zero-order chi connectivity index (χ0) is 9.26. The molecule has 0 aliphatic carbocycles. The summed E-state index contributed by atoms with van der Waals surface area (Å²) in [5.41, 5.74) is 2.54. The molecule has 0 bridgehead atoms. The van der Waals surface area contributed by atoms with Crippen LogP contribution in [0.5, 0.6) is 0 Å². The Balaban J connectivity index is 2.13. The number of benzene rings is 1. The summed E-state index contributed by atoms with van der Waals surface area (Å²) >= 11 is 0. The molecule has 1 heterocycles. The first-order valence-electron chi connectivity index (χ1n) is 4.66. The first-order chi connectivity index (χ1) is 6.27. The minimum Gasteiger partial charge on any atom is -0.378 e. The first kappa shape index (κ1) is 8.57. The van der Waals surface area contributed by atoms with Gasteiger partial charge in [0.05, 0.1) is 12.7 Å². The fourth-order valence-electron chi connectivity index (χ4n) is 1.49. The third kappa shape index (κ3) is 1.68. The average molecular weight is 177 g/mol. The van der Waals surface area contributed by atoms with Crippen LogP contribution in [0.25, 0.3) is 0 Å². The van der Waals surface area contributed by atoms with Gasteiger partial charge in [-0.15, -0.1) is 0 Å². The number of hydrogen-bond acceptors (Lipinski definition) is 2. The summed E-state index contributed by atoms with van der Waals surface area (Å²) in [7, 11) is 4.10. The zero-order valence-electron chi connectivity index (χ0n) is 8.16. The first-order valence-corrected chi connectivity index (χ1v) is 4.66. The summed E-state index contributed by atoms with van der Waals surface area (Å²) in [6.07, 6.45) is 1.53. The Morgan fingerprint density at radius 2 is 1.85 bits per heavy atom.